The third kappa shape index (κ3) is 9.09. The summed E-state index contributed by atoms with van der Waals surface area (Å²) in [6.07, 6.45) is 3.35. The van der Waals surface area contributed by atoms with E-state index in [-0.39, 0.29) is 51.4 Å². The standard InChI is InChI=1S/C39H44N8O8/c1-25-34(49)41-18-21-54-28-11-13-29(14-12-28)55-39(15-19-46(20-16-39)37(52)30-23-42-47(26(30)2)33-10-6-7-17-40-33)38(53)45-31(22-27-8-4-3-5-9-27)35(50)44-32(24-48)36(51)43-25/h3-14,17,23,25,31-32,48H,15-16,18-22,24H2,1-2H3,(H,41,49)(H,43,51)(H,44,50)(H,45,53)/t25-,31+,32-/m0/s1. The van der Waals surface area contributed by atoms with Crippen molar-refractivity contribution in [1.82, 2.24) is 40.9 Å². The van der Waals surface area contributed by atoms with Gasteiger partial charge in [0.05, 0.1) is 30.6 Å². The normalized spacial score (nSPS) is 21.0. The SMILES string of the molecule is Cc1c(C(=O)N2CCC3(CC2)Oc2ccc(cc2)OCCNC(=O)[C@H](C)NC(=O)[C@H](CO)NC(=O)[C@@H](Cc2ccccc2)NC3=O)cnn1-c1ccccn1. The summed E-state index contributed by atoms with van der Waals surface area (Å²) < 4.78 is 13.9. The molecule has 0 unspecified atom stereocenters. The van der Waals surface area contributed by atoms with Gasteiger partial charge in [0.2, 0.25) is 17.7 Å². The number of aromatic nitrogens is 3. The summed E-state index contributed by atoms with van der Waals surface area (Å²) in [5, 5.41) is 25.1. The fraction of sp³-hybridized carbons (Fsp3) is 0.359. The van der Waals surface area contributed by atoms with Crippen LogP contribution in [0.5, 0.6) is 11.5 Å². The highest BCUT2D eigenvalue weighted by Gasteiger charge is 2.46. The summed E-state index contributed by atoms with van der Waals surface area (Å²) in [7, 11) is 0. The van der Waals surface area contributed by atoms with Gasteiger partial charge < -0.3 is 40.7 Å². The van der Waals surface area contributed by atoms with Gasteiger partial charge in [-0.2, -0.15) is 5.10 Å². The fourth-order valence-electron chi connectivity index (χ4n) is 6.47. The first kappa shape index (κ1) is 38.4. The number of piperidine rings is 1. The average Bonchev–Trinajstić information content (AvgIpc) is 3.59. The van der Waals surface area contributed by atoms with Crippen LogP contribution < -0.4 is 30.7 Å². The minimum absolute atomic E-state index is 0.0449. The topological polar surface area (TPSA) is 206 Å². The zero-order chi connectivity index (χ0) is 39.0. The van der Waals surface area contributed by atoms with Gasteiger partial charge in [0, 0.05) is 38.5 Å². The third-order valence-electron chi connectivity index (χ3n) is 9.66. The second-order valence-electron chi connectivity index (χ2n) is 13.4. The number of nitrogens with zero attached hydrogens (tertiary/aromatic N) is 4. The summed E-state index contributed by atoms with van der Waals surface area (Å²) in [6, 6.07) is 17.5. The molecule has 3 atom stereocenters. The molecule has 3 aliphatic rings. The van der Waals surface area contributed by atoms with Crippen molar-refractivity contribution in [2.24, 2.45) is 0 Å². The predicted molar refractivity (Wildman–Crippen MR) is 198 cm³/mol. The lowest BCUT2D eigenvalue weighted by Gasteiger charge is -2.41. The number of aliphatic hydroxyl groups excluding tert-OH is 1. The van der Waals surface area contributed by atoms with E-state index in [1.807, 2.05) is 12.1 Å². The van der Waals surface area contributed by atoms with Crippen LogP contribution in [0, 0.1) is 6.92 Å². The Morgan fingerprint density at radius 3 is 2.25 bits per heavy atom. The molecular formula is C39H44N8O8. The van der Waals surface area contributed by atoms with Crippen LogP contribution in [0.4, 0.5) is 0 Å². The Morgan fingerprint density at radius 1 is 0.873 bits per heavy atom. The number of carbonyl (C=O) groups excluding carboxylic acids is 5. The molecule has 1 spiro atoms. The lowest BCUT2D eigenvalue weighted by molar-refractivity contribution is -0.144. The molecule has 2 bridgehead atoms. The number of fused-ring (bicyclic) bond motifs is 15. The molecule has 5 amide bonds. The molecule has 0 radical (unpaired) electrons. The molecule has 55 heavy (non-hydrogen) atoms. The molecule has 5 N–H and O–H groups in total. The van der Waals surface area contributed by atoms with Crippen LogP contribution in [0.2, 0.25) is 0 Å². The minimum Gasteiger partial charge on any atom is -0.492 e. The molecule has 5 heterocycles. The van der Waals surface area contributed by atoms with Crippen LogP contribution in [-0.2, 0) is 25.6 Å². The predicted octanol–water partition coefficient (Wildman–Crippen LogP) is 0.847. The van der Waals surface area contributed by atoms with Crippen molar-refractivity contribution in [2.75, 3.05) is 32.8 Å². The van der Waals surface area contributed by atoms with Crippen molar-refractivity contribution in [1.29, 1.82) is 0 Å². The number of ether oxygens (including phenoxy) is 2. The molecule has 2 aromatic carbocycles. The number of benzene rings is 2. The van der Waals surface area contributed by atoms with Crippen LogP contribution in [0.1, 0.15) is 41.4 Å². The maximum atomic E-state index is 14.5. The molecule has 4 aromatic rings. The maximum absolute atomic E-state index is 14.5. The number of hydrogen-bond donors (Lipinski definition) is 5. The van der Waals surface area contributed by atoms with Crippen molar-refractivity contribution in [3.63, 3.8) is 0 Å². The van der Waals surface area contributed by atoms with Gasteiger partial charge in [-0.25, -0.2) is 9.67 Å². The van der Waals surface area contributed by atoms with Gasteiger partial charge in [0.15, 0.2) is 11.4 Å². The van der Waals surface area contributed by atoms with Crippen LogP contribution in [0.25, 0.3) is 5.82 Å². The summed E-state index contributed by atoms with van der Waals surface area (Å²) in [5.74, 6) is -1.45. The molecule has 2 aromatic heterocycles. The third-order valence-corrected chi connectivity index (χ3v) is 9.66. The van der Waals surface area contributed by atoms with Crippen molar-refractivity contribution >= 4 is 29.5 Å². The van der Waals surface area contributed by atoms with Crippen LogP contribution in [0.15, 0.2) is 85.2 Å². The van der Waals surface area contributed by atoms with Gasteiger partial charge in [-0.05, 0) is 55.8 Å². The summed E-state index contributed by atoms with van der Waals surface area (Å²) in [5.41, 5.74) is 0.218. The lowest BCUT2D eigenvalue weighted by Crippen LogP contribution is -2.62. The minimum atomic E-state index is -1.52. The van der Waals surface area contributed by atoms with E-state index in [4.69, 9.17) is 9.47 Å². The van der Waals surface area contributed by atoms with E-state index in [1.165, 1.54) is 13.1 Å². The van der Waals surface area contributed by atoms with E-state index in [1.54, 1.807) is 83.4 Å². The zero-order valence-electron chi connectivity index (χ0n) is 30.6. The summed E-state index contributed by atoms with van der Waals surface area (Å²) in [4.78, 5) is 74.0. The smallest absolute Gasteiger partial charge is 0.265 e. The number of aliphatic hydroxyl groups is 1. The number of likely N-dealkylation sites (tertiary alicyclic amines) is 1. The first-order valence-electron chi connectivity index (χ1n) is 18.1. The Morgan fingerprint density at radius 2 is 1.56 bits per heavy atom. The van der Waals surface area contributed by atoms with Gasteiger partial charge in [-0.1, -0.05) is 36.4 Å². The first-order chi connectivity index (χ1) is 26.6. The van der Waals surface area contributed by atoms with Gasteiger partial charge >= 0.3 is 0 Å². The average molecular weight is 753 g/mol. The van der Waals surface area contributed by atoms with Gasteiger partial charge in [-0.15, -0.1) is 0 Å². The maximum Gasteiger partial charge on any atom is 0.265 e. The molecule has 288 valence electrons. The molecule has 7 rings (SSSR count). The van der Waals surface area contributed by atoms with E-state index < -0.39 is 54.0 Å². The van der Waals surface area contributed by atoms with Gasteiger partial charge in [0.1, 0.15) is 36.2 Å². The molecule has 1 saturated heterocycles. The van der Waals surface area contributed by atoms with Crippen LogP contribution in [0.3, 0.4) is 0 Å². The molecule has 16 nitrogen and oxygen atoms in total. The lowest BCUT2D eigenvalue weighted by atomic mass is 9.88. The van der Waals surface area contributed by atoms with E-state index in [0.29, 0.717) is 28.6 Å². The molecule has 0 aliphatic carbocycles. The highest BCUT2D eigenvalue weighted by Crippen LogP contribution is 2.32. The van der Waals surface area contributed by atoms with E-state index in [2.05, 4.69) is 31.3 Å². The van der Waals surface area contributed by atoms with Gasteiger partial charge in [0.25, 0.3) is 11.8 Å². The quantitative estimate of drug-likeness (QED) is 0.182. The van der Waals surface area contributed by atoms with Gasteiger partial charge in [-0.3, -0.25) is 24.0 Å². The van der Waals surface area contributed by atoms with Crippen molar-refractivity contribution < 1.29 is 38.6 Å². The number of nitrogens with one attached hydrogen (secondary N) is 4. The van der Waals surface area contributed by atoms with E-state index in [9.17, 15) is 29.1 Å². The zero-order valence-corrected chi connectivity index (χ0v) is 30.6. The molecule has 3 aliphatic heterocycles. The van der Waals surface area contributed by atoms with Crippen molar-refractivity contribution in [3.8, 4) is 17.3 Å². The molecule has 1 fully saturated rings. The Hall–Kier alpha value is -6.29. The Balaban J connectivity index is 1.28. The molecular weight excluding hydrogens is 708 g/mol. The number of rotatable bonds is 5. The Labute approximate surface area is 317 Å². The first-order valence-corrected chi connectivity index (χ1v) is 18.1. The summed E-state index contributed by atoms with van der Waals surface area (Å²) >= 11 is 0. The highest BCUT2D eigenvalue weighted by molar-refractivity contribution is 5.97. The Bertz CT molecular complexity index is 1980. The number of carbonyl (C=O) groups is 5. The molecule has 0 saturated carbocycles. The van der Waals surface area contributed by atoms with E-state index in [0.717, 1.165) is 5.56 Å². The number of amides is 5. The largest absolute Gasteiger partial charge is 0.492 e. The second-order valence-corrected chi connectivity index (χ2v) is 13.4. The number of hydrogen-bond acceptors (Lipinski definition) is 10. The number of pyridine rings is 1. The van der Waals surface area contributed by atoms with E-state index >= 15 is 0 Å². The monoisotopic (exact) mass is 752 g/mol. The van der Waals surface area contributed by atoms with Crippen molar-refractivity contribution in [3.05, 3.63) is 102 Å². The van der Waals surface area contributed by atoms with Crippen LogP contribution in [-0.4, -0.2) is 111 Å². The summed E-state index contributed by atoms with van der Waals surface area (Å²) in [6.45, 7) is 3.06. The van der Waals surface area contributed by atoms with Crippen molar-refractivity contribution in [2.45, 2.75) is 56.8 Å². The second kappa shape index (κ2) is 17.2. The Kier molecular flexibility index (Phi) is 12.0. The molecule has 16 heteroatoms. The van der Waals surface area contributed by atoms with Crippen LogP contribution >= 0.6 is 0 Å². The fourth-order valence-corrected chi connectivity index (χ4v) is 6.47. The highest BCUT2D eigenvalue weighted by atomic mass is 16.5.